The average Bonchev–Trinajstić information content (AvgIpc) is 3.63. The third kappa shape index (κ3) is 5.97. The van der Waals surface area contributed by atoms with Crippen molar-refractivity contribution in [2.24, 2.45) is 0 Å². The third-order valence-electron chi connectivity index (χ3n) is 8.81. The van der Waals surface area contributed by atoms with E-state index in [2.05, 4.69) is 117 Å². The molecule has 0 saturated heterocycles. The number of fused-ring (bicyclic) bond motifs is 3. The van der Waals surface area contributed by atoms with E-state index in [1.165, 1.54) is 22.2 Å². The Labute approximate surface area is 290 Å². The molecule has 0 atom stereocenters. The van der Waals surface area contributed by atoms with Crippen molar-refractivity contribution in [1.29, 1.82) is 0 Å². The van der Waals surface area contributed by atoms with Crippen LogP contribution in [0.1, 0.15) is 75.8 Å². The van der Waals surface area contributed by atoms with Crippen LogP contribution >= 0.6 is 0 Å². The van der Waals surface area contributed by atoms with Crippen molar-refractivity contribution in [3.05, 3.63) is 120 Å². The Morgan fingerprint density at radius 1 is 0.830 bits per heavy atom. The summed E-state index contributed by atoms with van der Waals surface area (Å²) in [6.07, 6.45) is 6.36. The molecule has 1 radical (unpaired) electrons. The predicted molar refractivity (Wildman–Crippen MR) is 189 cm³/mol. The zero-order chi connectivity index (χ0) is 32.2. The summed E-state index contributed by atoms with van der Waals surface area (Å²) in [5.74, 6) is 1.95. The number of hydrogen-bond donors (Lipinski definition) is 0. The van der Waals surface area contributed by atoms with E-state index >= 15 is 0 Å². The molecular weight excluding hydrogens is 757 g/mol. The molecule has 0 unspecified atom stereocenters. The van der Waals surface area contributed by atoms with Crippen molar-refractivity contribution >= 4 is 39.2 Å². The van der Waals surface area contributed by atoms with Crippen LogP contribution in [0, 0.1) is 19.1 Å². The van der Waals surface area contributed by atoms with Crippen LogP contribution in [0.3, 0.4) is 0 Å². The number of aryl methyl sites for hydroxylation is 1. The van der Waals surface area contributed by atoms with E-state index in [9.17, 15) is 0 Å². The van der Waals surface area contributed by atoms with Gasteiger partial charge in [0.25, 0.3) is 0 Å². The van der Waals surface area contributed by atoms with Crippen molar-refractivity contribution in [3.8, 4) is 22.6 Å². The summed E-state index contributed by atoms with van der Waals surface area (Å²) in [5.41, 5.74) is 11.3. The van der Waals surface area contributed by atoms with Gasteiger partial charge >= 0.3 is 0 Å². The second-order valence-corrected chi connectivity index (χ2v) is 13.3. The first-order valence-corrected chi connectivity index (χ1v) is 16.0. The van der Waals surface area contributed by atoms with Gasteiger partial charge in [-0.3, -0.25) is 4.98 Å². The van der Waals surface area contributed by atoms with Gasteiger partial charge in [0, 0.05) is 37.4 Å². The Kier molecular flexibility index (Phi) is 8.78. The number of furan rings is 1. The van der Waals surface area contributed by atoms with Crippen molar-refractivity contribution in [2.45, 2.75) is 65.8 Å². The van der Waals surface area contributed by atoms with Gasteiger partial charge in [0.2, 0.25) is 5.71 Å². The molecule has 239 valence electrons. The summed E-state index contributed by atoms with van der Waals surface area (Å²) in [6, 6.07) is 31.4. The molecule has 0 saturated carbocycles. The molecule has 0 spiro atoms. The summed E-state index contributed by atoms with van der Waals surface area (Å²) in [7, 11) is 0. The molecule has 47 heavy (non-hydrogen) atoms. The summed E-state index contributed by atoms with van der Waals surface area (Å²) >= 11 is 0. The number of imidazole rings is 1. The molecule has 3 aromatic carbocycles. The first-order valence-electron chi connectivity index (χ1n) is 16.0. The molecular formula is C41H38IrN4O-2. The fourth-order valence-electron chi connectivity index (χ4n) is 6.21. The van der Waals surface area contributed by atoms with Crippen LogP contribution in [-0.2, 0) is 25.6 Å². The zero-order valence-electron chi connectivity index (χ0n) is 27.8. The second kappa shape index (κ2) is 12.7. The van der Waals surface area contributed by atoms with Gasteiger partial charge in [0.05, 0.1) is 28.0 Å². The monoisotopic (exact) mass is 795 g/mol. The molecule has 0 aliphatic carbocycles. The molecule has 1 aliphatic heterocycles. The number of rotatable bonds is 4. The molecule has 0 bridgehead atoms. The number of benzene rings is 3. The molecule has 5 nitrogen and oxygen atoms in total. The average molecular weight is 795 g/mol. The Bertz CT molecular complexity index is 2260. The summed E-state index contributed by atoms with van der Waals surface area (Å²) in [4.78, 5) is 14.0. The fourth-order valence-corrected chi connectivity index (χ4v) is 6.21. The van der Waals surface area contributed by atoms with Crippen LogP contribution < -0.4 is 0 Å². The van der Waals surface area contributed by atoms with E-state index in [0.717, 1.165) is 50.2 Å². The van der Waals surface area contributed by atoms with E-state index in [-0.39, 0.29) is 25.6 Å². The topological polar surface area (TPSA) is 56.7 Å². The number of allylic oxidation sites excluding steroid dienone is 1. The van der Waals surface area contributed by atoms with Crippen LogP contribution in [0.25, 0.3) is 61.8 Å². The summed E-state index contributed by atoms with van der Waals surface area (Å²) in [5, 5.41) is 2.08. The first-order chi connectivity index (χ1) is 22.1. The molecule has 0 N–H and O–H groups in total. The number of aromatic nitrogens is 4. The van der Waals surface area contributed by atoms with Gasteiger partial charge in [0.1, 0.15) is 0 Å². The standard InChI is InChI=1S/C21H21N2.C20H17N2O.Ir/c1-14(2)17-12-16-10-11-21(3,4)23-19(16)18(13-17)22-20(23)15-8-6-5-7-9-15;1-12(2)14-9-10-21-18(11-14)17-6-4-5-15-16-8-7-13(3)22-20(16)23-19(15)17;/h5-8,10-14H,1-4H3;4-5,7-12H,1-3H3;/q2*-1;. The fraction of sp³-hybridized carbons (Fsp3) is 0.244. The Balaban J connectivity index is 0.000000161. The van der Waals surface area contributed by atoms with Crippen LogP contribution in [0.5, 0.6) is 0 Å². The summed E-state index contributed by atoms with van der Waals surface area (Å²) < 4.78 is 8.39. The van der Waals surface area contributed by atoms with Gasteiger partial charge in [-0.1, -0.05) is 62.4 Å². The van der Waals surface area contributed by atoms with E-state index < -0.39 is 0 Å². The largest absolute Gasteiger partial charge is 0.486 e. The Hall–Kier alpha value is -4.38. The van der Waals surface area contributed by atoms with E-state index in [1.807, 2.05) is 49.5 Å². The van der Waals surface area contributed by atoms with Crippen LogP contribution in [-0.4, -0.2) is 19.5 Å². The maximum absolute atomic E-state index is 6.04. The SMILES string of the molecule is CC(C)c1cc2c3c(c1)nc(-c1[c-]cccc1)n3C(C)(C)C=C2.Cc1ccc2c(n1)oc1c(-c3cc(C(C)C)ccn3)[c-]ccc12.[Ir]. The van der Waals surface area contributed by atoms with Gasteiger partial charge in [-0.25, -0.2) is 4.98 Å². The zero-order valence-corrected chi connectivity index (χ0v) is 30.2. The van der Waals surface area contributed by atoms with Crippen LogP contribution in [0.15, 0.2) is 89.5 Å². The van der Waals surface area contributed by atoms with E-state index in [4.69, 9.17) is 9.40 Å². The normalized spacial score (nSPS) is 13.3. The van der Waals surface area contributed by atoms with Gasteiger partial charge in [-0.05, 0) is 79.8 Å². The molecule has 1 aliphatic rings. The maximum Gasteiger partial charge on any atom is 0.216 e. The van der Waals surface area contributed by atoms with Crippen LogP contribution in [0.2, 0.25) is 0 Å². The number of hydrogen-bond acceptors (Lipinski definition) is 4. The van der Waals surface area contributed by atoms with Gasteiger partial charge in [-0.2, -0.15) is 0 Å². The van der Waals surface area contributed by atoms with Gasteiger partial charge in [-0.15, -0.1) is 54.1 Å². The van der Waals surface area contributed by atoms with Gasteiger partial charge < -0.3 is 14.0 Å². The minimum Gasteiger partial charge on any atom is -0.486 e. The van der Waals surface area contributed by atoms with Crippen molar-refractivity contribution in [1.82, 2.24) is 19.5 Å². The predicted octanol–water partition coefficient (Wildman–Crippen LogP) is 10.7. The van der Waals surface area contributed by atoms with Crippen LogP contribution in [0.4, 0.5) is 0 Å². The quantitative estimate of drug-likeness (QED) is 0.167. The Morgan fingerprint density at radius 3 is 2.38 bits per heavy atom. The maximum atomic E-state index is 6.04. The molecule has 0 fully saturated rings. The van der Waals surface area contributed by atoms with E-state index in [1.54, 1.807) is 0 Å². The molecule has 0 amide bonds. The minimum absolute atomic E-state index is 0. The van der Waals surface area contributed by atoms with Crippen molar-refractivity contribution < 1.29 is 24.5 Å². The molecule has 5 heterocycles. The third-order valence-corrected chi connectivity index (χ3v) is 8.81. The molecule has 8 rings (SSSR count). The summed E-state index contributed by atoms with van der Waals surface area (Å²) in [6.45, 7) is 15.2. The Morgan fingerprint density at radius 2 is 1.64 bits per heavy atom. The number of pyridine rings is 2. The first kappa shape index (κ1) is 32.6. The van der Waals surface area contributed by atoms with Gasteiger partial charge in [0.15, 0.2) is 0 Å². The van der Waals surface area contributed by atoms with E-state index in [0.29, 0.717) is 17.5 Å². The number of nitrogens with zero attached hydrogens (tertiary/aromatic N) is 4. The molecule has 6 heteroatoms. The minimum atomic E-state index is -0.0971. The van der Waals surface area contributed by atoms with Crippen molar-refractivity contribution in [3.63, 3.8) is 0 Å². The molecule has 4 aromatic heterocycles. The second-order valence-electron chi connectivity index (χ2n) is 13.3. The molecule has 7 aromatic rings. The van der Waals surface area contributed by atoms with Crippen molar-refractivity contribution in [2.75, 3.05) is 0 Å². The smallest absolute Gasteiger partial charge is 0.216 e.